The molecule has 19 heavy (non-hydrogen) atoms. The minimum Gasteiger partial charge on any atom is -0.472 e. The molecule has 6 nitrogen and oxygen atoms in total. The van der Waals surface area contributed by atoms with Crippen LogP contribution in [-0.2, 0) is 16.8 Å². The summed E-state index contributed by atoms with van der Waals surface area (Å²) in [7, 11) is -1.85. The van der Waals surface area contributed by atoms with Crippen LogP contribution in [0.2, 0.25) is 0 Å². The van der Waals surface area contributed by atoms with Gasteiger partial charge in [0.1, 0.15) is 0 Å². The zero-order valence-corrected chi connectivity index (χ0v) is 12.5. The van der Waals surface area contributed by atoms with Gasteiger partial charge < -0.3 is 9.73 Å². The van der Waals surface area contributed by atoms with Crippen molar-refractivity contribution < 1.29 is 12.8 Å². The van der Waals surface area contributed by atoms with Gasteiger partial charge in [-0.1, -0.05) is 13.8 Å². The van der Waals surface area contributed by atoms with Crippen molar-refractivity contribution in [3.63, 3.8) is 0 Å². The van der Waals surface area contributed by atoms with Gasteiger partial charge in [0.05, 0.1) is 12.5 Å². The maximum absolute atomic E-state index is 11.9. The van der Waals surface area contributed by atoms with Gasteiger partial charge in [0.25, 0.3) is 10.2 Å². The molecule has 1 aromatic rings. The Kier molecular flexibility index (Phi) is 6.50. The molecule has 1 aromatic heterocycles. The van der Waals surface area contributed by atoms with Gasteiger partial charge in [0.15, 0.2) is 0 Å². The highest BCUT2D eigenvalue weighted by atomic mass is 32.2. The lowest BCUT2D eigenvalue weighted by Gasteiger charge is -2.18. The molecule has 0 fully saturated rings. The van der Waals surface area contributed by atoms with Crippen LogP contribution in [0.3, 0.4) is 0 Å². The smallest absolute Gasteiger partial charge is 0.279 e. The molecule has 7 heteroatoms. The van der Waals surface area contributed by atoms with E-state index in [4.69, 9.17) is 4.42 Å². The van der Waals surface area contributed by atoms with Gasteiger partial charge in [-0.15, -0.1) is 0 Å². The van der Waals surface area contributed by atoms with Gasteiger partial charge in [-0.25, -0.2) is 0 Å². The predicted octanol–water partition coefficient (Wildman–Crippen LogP) is 0.934. The Hall–Kier alpha value is -0.890. The van der Waals surface area contributed by atoms with Crippen molar-refractivity contribution >= 4 is 10.2 Å². The average Bonchev–Trinajstić information content (AvgIpc) is 2.84. The van der Waals surface area contributed by atoms with Gasteiger partial charge in [-0.05, 0) is 19.0 Å². The molecule has 0 saturated carbocycles. The molecule has 0 aromatic carbocycles. The molecule has 0 aliphatic carbocycles. The van der Waals surface area contributed by atoms with Crippen molar-refractivity contribution in [2.45, 2.75) is 32.9 Å². The van der Waals surface area contributed by atoms with Crippen molar-refractivity contribution in [1.29, 1.82) is 0 Å². The fourth-order valence-electron chi connectivity index (χ4n) is 1.49. The molecule has 110 valence electrons. The summed E-state index contributed by atoms with van der Waals surface area (Å²) in [6, 6.07) is 2.15. The second-order valence-corrected chi connectivity index (χ2v) is 6.60. The molecule has 0 spiro atoms. The number of hydrogen-bond donors (Lipinski definition) is 2. The minimum atomic E-state index is -3.42. The van der Waals surface area contributed by atoms with Crippen molar-refractivity contribution in [2.75, 3.05) is 20.1 Å². The molecule has 0 amide bonds. The van der Waals surface area contributed by atoms with Crippen LogP contribution in [0.25, 0.3) is 0 Å². The fourth-order valence-corrected chi connectivity index (χ4v) is 2.43. The van der Waals surface area contributed by atoms with E-state index in [2.05, 4.69) is 23.9 Å². The summed E-state index contributed by atoms with van der Waals surface area (Å²) in [4.78, 5) is 0. The first-order valence-corrected chi connectivity index (χ1v) is 7.81. The Balaban J connectivity index is 2.30. The SMILES string of the molecule is CC(C)NCCCN(C)S(=O)(=O)NCc1ccoc1. The molecule has 0 unspecified atom stereocenters. The van der Waals surface area contributed by atoms with Crippen LogP contribution in [0.5, 0.6) is 0 Å². The molecule has 1 rings (SSSR count). The first-order valence-electron chi connectivity index (χ1n) is 6.37. The summed E-state index contributed by atoms with van der Waals surface area (Å²) in [5.41, 5.74) is 0.804. The predicted molar refractivity (Wildman–Crippen MR) is 74.9 cm³/mol. The molecule has 2 N–H and O–H groups in total. The second kappa shape index (κ2) is 7.64. The first kappa shape index (κ1) is 16.2. The summed E-state index contributed by atoms with van der Waals surface area (Å²) in [6.45, 7) is 5.66. The Morgan fingerprint density at radius 3 is 2.74 bits per heavy atom. The van der Waals surface area contributed by atoms with Gasteiger partial charge >= 0.3 is 0 Å². The van der Waals surface area contributed by atoms with E-state index in [1.165, 1.54) is 16.8 Å². The quantitative estimate of drug-likeness (QED) is 0.663. The molecule has 1 heterocycles. The highest BCUT2D eigenvalue weighted by Crippen LogP contribution is 2.02. The van der Waals surface area contributed by atoms with Gasteiger partial charge in [-0.2, -0.15) is 17.4 Å². The van der Waals surface area contributed by atoms with E-state index >= 15 is 0 Å². The lowest BCUT2D eigenvalue weighted by Crippen LogP contribution is -2.39. The van der Waals surface area contributed by atoms with Gasteiger partial charge in [-0.3, -0.25) is 0 Å². The number of hydrogen-bond acceptors (Lipinski definition) is 4. The van der Waals surface area contributed by atoms with E-state index in [0.717, 1.165) is 18.5 Å². The molecule has 0 saturated heterocycles. The summed E-state index contributed by atoms with van der Waals surface area (Å²) in [5.74, 6) is 0. The molecular weight excluding hydrogens is 266 g/mol. The third-order valence-electron chi connectivity index (χ3n) is 2.65. The van der Waals surface area contributed by atoms with E-state index in [1.807, 2.05) is 0 Å². The summed E-state index contributed by atoms with van der Waals surface area (Å²) < 4.78 is 32.6. The number of rotatable bonds is 9. The number of furan rings is 1. The zero-order chi connectivity index (χ0) is 14.3. The van der Waals surface area contributed by atoms with Crippen molar-refractivity contribution in [3.05, 3.63) is 24.2 Å². The lowest BCUT2D eigenvalue weighted by atomic mass is 10.3. The third kappa shape index (κ3) is 6.20. The van der Waals surface area contributed by atoms with E-state index in [0.29, 0.717) is 12.6 Å². The Bertz CT molecular complexity index is 443. The maximum atomic E-state index is 11.9. The van der Waals surface area contributed by atoms with Crippen LogP contribution in [0.4, 0.5) is 0 Å². The maximum Gasteiger partial charge on any atom is 0.279 e. The normalized spacial score (nSPS) is 12.5. The van der Waals surface area contributed by atoms with Gasteiger partial charge in [0, 0.05) is 31.7 Å². The first-order chi connectivity index (χ1) is 8.92. The van der Waals surface area contributed by atoms with Gasteiger partial charge in [0.2, 0.25) is 0 Å². The van der Waals surface area contributed by atoms with E-state index in [9.17, 15) is 8.42 Å². The molecule has 0 aliphatic rings. The second-order valence-electron chi connectivity index (χ2n) is 4.74. The molecule has 0 atom stereocenters. The van der Waals surface area contributed by atoms with Crippen LogP contribution in [0.1, 0.15) is 25.8 Å². The fraction of sp³-hybridized carbons (Fsp3) is 0.667. The Labute approximate surface area is 115 Å². The molecule has 0 radical (unpaired) electrons. The highest BCUT2D eigenvalue weighted by molar-refractivity contribution is 7.87. The summed E-state index contributed by atoms with van der Waals surface area (Å²) in [5, 5.41) is 3.25. The minimum absolute atomic E-state index is 0.243. The third-order valence-corrected chi connectivity index (χ3v) is 4.16. The standard InChI is InChI=1S/C12H23N3O3S/c1-11(2)13-6-4-7-15(3)19(16,17)14-9-12-5-8-18-10-12/h5,8,10-11,13-14H,4,6-7,9H2,1-3H3. The van der Waals surface area contributed by atoms with Crippen LogP contribution in [0.15, 0.2) is 23.0 Å². The monoisotopic (exact) mass is 289 g/mol. The largest absolute Gasteiger partial charge is 0.472 e. The topological polar surface area (TPSA) is 74.6 Å². The van der Waals surface area contributed by atoms with E-state index in [-0.39, 0.29) is 6.54 Å². The molecular formula is C12H23N3O3S. The van der Waals surface area contributed by atoms with Crippen LogP contribution in [-0.4, -0.2) is 38.9 Å². The lowest BCUT2D eigenvalue weighted by molar-refractivity contribution is 0.439. The van der Waals surface area contributed by atoms with Crippen molar-refractivity contribution in [1.82, 2.24) is 14.3 Å². The van der Waals surface area contributed by atoms with Crippen molar-refractivity contribution in [2.24, 2.45) is 0 Å². The molecule has 0 aliphatic heterocycles. The summed E-state index contributed by atoms with van der Waals surface area (Å²) in [6.07, 6.45) is 3.82. The molecule has 0 bridgehead atoms. The number of nitrogens with zero attached hydrogens (tertiary/aromatic N) is 1. The van der Waals surface area contributed by atoms with E-state index < -0.39 is 10.2 Å². The van der Waals surface area contributed by atoms with Crippen LogP contribution in [0, 0.1) is 0 Å². The average molecular weight is 289 g/mol. The summed E-state index contributed by atoms with van der Waals surface area (Å²) >= 11 is 0. The van der Waals surface area contributed by atoms with E-state index in [1.54, 1.807) is 13.1 Å². The Morgan fingerprint density at radius 2 is 2.16 bits per heavy atom. The van der Waals surface area contributed by atoms with Crippen LogP contribution < -0.4 is 10.0 Å². The van der Waals surface area contributed by atoms with Crippen molar-refractivity contribution in [3.8, 4) is 0 Å². The highest BCUT2D eigenvalue weighted by Gasteiger charge is 2.16. The zero-order valence-electron chi connectivity index (χ0n) is 11.7. The Morgan fingerprint density at radius 1 is 1.42 bits per heavy atom. The van der Waals surface area contributed by atoms with Crippen LogP contribution >= 0.6 is 0 Å². The number of nitrogens with one attached hydrogen (secondary N) is 2.